The van der Waals surface area contributed by atoms with Gasteiger partial charge in [-0.3, -0.25) is 19.6 Å². The van der Waals surface area contributed by atoms with Gasteiger partial charge in [-0.15, -0.1) is 0 Å². The molecule has 2 aliphatic carbocycles. The summed E-state index contributed by atoms with van der Waals surface area (Å²) in [5.41, 5.74) is 6.50. The van der Waals surface area contributed by atoms with Gasteiger partial charge >= 0.3 is 0 Å². The molecule has 12 nitrogen and oxygen atoms in total. The Kier molecular flexibility index (Phi) is 17.0. The fourth-order valence-electron chi connectivity index (χ4n) is 12.1. The molecule has 0 bridgehead atoms. The van der Waals surface area contributed by atoms with Gasteiger partial charge in [-0.2, -0.15) is 0 Å². The smallest absolute Gasteiger partial charge is 0.256 e. The molecule has 10 rings (SSSR count). The molecule has 2 saturated carbocycles. The quantitative estimate of drug-likeness (QED) is 0.124. The molecule has 14 heteroatoms. The summed E-state index contributed by atoms with van der Waals surface area (Å²) < 4.78 is 32.7. The van der Waals surface area contributed by atoms with E-state index >= 15 is 0 Å². The van der Waals surface area contributed by atoms with E-state index in [0.717, 1.165) is 138 Å². The number of hydrogen-bond acceptors (Lipinski definition) is 8. The van der Waals surface area contributed by atoms with Crippen LogP contribution in [0.3, 0.4) is 0 Å². The summed E-state index contributed by atoms with van der Waals surface area (Å²) in [6, 6.07) is 13.1. The first-order valence-corrected chi connectivity index (χ1v) is 27.5. The zero-order chi connectivity index (χ0) is 52.2. The van der Waals surface area contributed by atoms with Crippen molar-refractivity contribution in [3.05, 3.63) is 120 Å². The lowest BCUT2D eigenvalue weighted by Gasteiger charge is -2.36. The van der Waals surface area contributed by atoms with Gasteiger partial charge in [0.25, 0.3) is 11.8 Å². The summed E-state index contributed by atoms with van der Waals surface area (Å²) in [5, 5.41) is 21.9. The molecule has 74 heavy (non-hydrogen) atoms. The molecule has 2 saturated heterocycles. The second-order valence-electron chi connectivity index (χ2n) is 22.5. The van der Waals surface area contributed by atoms with Crippen molar-refractivity contribution >= 4 is 33.6 Å². The molecular formula is C60H78F2N8O4. The first kappa shape index (κ1) is 53.3. The summed E-state index contributed by atoms with van der Waals surface area (Å²) in [6.45, 7) is 14.4. The van der Waals surface area contributed by atoms with Crippen molar-refractivity contribution in [2.24, 2.45) is 11.8 Å². The van der Waals surface area contributed by atoms with Crippen LogP contribution in [0, 0.1) is 23.5 Å². The SMILES string of the molecule is CC(C)N(C)C(=O)c1cc(F)ccc1-n1cc(C2CCN(CC3CCC(O)CC3)CC2)c2ccncc21.CC(C)N(C)C(=O)c1cc(F)ccc1-n1cc(C2CCN(CC3CCC(O)CC3)CC2)c2ccncc21. The van der Waals surface area contributed by atoms with E-state index in [1.54, 1.807) is 36.0 Å². The van der Waals surface area contributed by atoms with Crippen molar-refractivity contribution in [3.8, 4) is 11.4 Å². The van der Waals surface area contributed by atoms with E-state index in [-0.39, 0.29) is 36.1 Å². The minimum atomic E-state index is -0.418. The maximum atomic E-state index is 14.3. The lowest BCUT2D eigenvalue weighted by Crippen LogP contribution is -2.37. The second kappa shape index (κ2) is 23.6. The highest BCUT2D eigenvalue weighted by molar-refractivity contribution is 6.00. The Bertz CT molecular complexity index is 2670. The van der Waals surface area contributed by atoms with Gasteiger partial charge in [0, 0.05) is 74.8 Å². The average molecular weight is 1010 g/mol. The minimum absolute atomic E-state index is 0.00566. The van der Waals surface area contributed by atoms with Crippen LogP contribution in [0.2, 0.25) is 0 Å². The number of halogens is 2. The van der Waals surface area contributed by atoms with Crippen LogP contribution in [0.1, 0.15) is 148 Å². The van der Waals surface area contributed by atoms with Crippen LogP contribution in [0.5, 0.6) is 0 Å². The summed E-state index contributed by atoms with van der Waals surface area (Å²) in [5.74, 6) is 1.03. The largest absolute Gasteiger partial charge is 0.393 e. The predicted octanol–water partition coefficient (Wildman–Crippen LogP) is 10.8. The van der Waals surface area contributed by atoms with Gasteiger partial charge < -0.3 is 38.9 Å². The highest BCUT2D eigenvalue weighted by Gasteiger charge is 2.31. The number of piperidine rings is 2. The molecule has 6 aromatic rings. The molecule has 0 unspecified atom stereocenters. The van der Waals surface area contributed by atoms with Crippen molar-refractivity contribution in [2.75, 3.05) is 53.4 Å². The monoisotopic (exact) mass is 1010 g/mol. The topological polar surface area (TPSA) is 123 Å². The van der Waals surface area contributed by atoms with Gasteiger partial charge in [-0.1, -0.05) is 0 Å². The maximum absolute atomic E-state index is 14.3. The Hall–Kier alpha value is -5.54. The number of aliphatic hydroxyl groups excluding tert-OH is 2. The van der Waals surface area contributed by atoms with E-state index in [2.05, 4.69) is 44.3 Å². The average Bonchev–Trinajstić information content (AvgIpc) is 3.99. The van der Waals surface area contributed by atoms with Gasteiger partial charge in [0.05, 0.1) is 58.1 Å². The van der Waals surface area contributed by atoms with E-state index in [4.69, 9.17) is 0 Å². The van der Waals surface area contributed by atoms with Gasteiger partial charge in [0.1, 0.15) is 11.6 Å². The van der Waals surface area contributed by atoms with Crippen LogP contribution in [0.15, 0.2) is 85.7 Å². The Balaban J connectivity index is 0.000000182. The molecule has 4 fully saturated rings. The summed E-state index contributed by atoms with van der Waals surface area (Å²) in [7, 11) is 3.51. The Morgan fingerprint density at radius 3 is 1.28 bits per heavy atom. The van der Waals surface area contributed by atoms with E-state index in [1.807, 2.05) is 61.6 Å². The number of likely N-dealkylation sites (tertiary alicyclic amines) is 2. The number of fused-ring (bicyclic) bond motifs is 2. The van der Waals surface area contributed by atoms with Crippen LogP contribution >= 0.6 is 0 Å². The molecule has 4 aromatic heterocycles. The molecule has 396 valence electrons. The van der Waals surface area contributed by atoms with Gasteiger partial charge in [-0.25, -0.2) is 8.78 Å². The van der Waals surface area contributed by atoms with Crippen molar-refractivity contribution in [1.29, 1.82) is 0 Å². The van der Waals surface area contributed by atoms with Crippen LogP contribution in [0.4, 0.5) is 8.78 Å². The van der Waals surface area contributed by atoms with Crippen LogP contribution < -0.4 is 0 Å². The van der Waals surface area contributed by atoms with Crippen molar-refractivity contribution in [3.63, 3.8) is 0 Å². The van der Waals surface area contributed by atoms with Gasteiger partial charge in [-0.05, 0) is 214 Å². The molecular weight excluding hydrogens is 935 g/mol. The van der Waals surface area contributed by atoms with E-state index < -0.39 is 11.6 Å². The number of pyridine rings is 2. The minimum Gasteiger partial charge on any atom is -0.393 e. The zero-order valence-corrected chi connectivity index (χ0v) is 44.5. The lowest BCUT2D eigenvalue weighted by molar-refractivity contribution is 0.0746. The number of aromatic nitrogens is 4. The highest BCUT2D eigenvalue weighted by atomic mass is 19.1. The van der Waals surface area contributed by atoms with Gasteiger partial charge in [0.15, 0.2) is 0 Å². The van der Waals surface area contributed by atoms with Crippen molar-refractivity contribution in [2.45, 2.75) is 141 Å². The van der Waals surface area contributed by atoms with E-state index in [9.17, 15) is 28.6 Å². The first-order chi connectivity index (χ1) is 35.6. The first-order valence-electron chi connectivity index (χ1n) is 27.5. The number of amides is 2. The molecule has 4 aliphatic rings. The number of hydrogen-bond donors (Lipinski definition) is 2. The predicted molar refractivity (Wildman–Crippen MR) is 289 cm³/mol. The van der Waals surface area contributed by atoms with Crippen molar-refractivity contribution < 1.29 is 28.6 Å². The molecule has 2 amide bonds. The number of rotatable bonds is 12. The third-order valence-electron chi connectivity index (χ3n) is 17.1. The number of aliphatic hydroxyl groups is 2. The molecule has 2 aliphatic heterocycles. The summed E-state index contributed by atoms with van der Waals surface area (Å²) in [4.78, 5) is 43.8. The highest BCUT2D eigenvalue weighted by Crippen LogP contribution is 2.39. The lowest BCUT2D eigenvalue weighted by atomic mass is 9.85. The number of carbonyl (C=O) groups excluding carboxylic acids is 2. The fraction of sp³-hybridized carbons (Fsp3) is 0.533. The standard InChI is InChI=1S/2C30H39FN4O2/c2*1-20(2)33(3)30(37)26-16-23(31)6-9-28(26)35-19-27(25-10-13-32-17-29(25)35)22-11-14-34(15-12-22)18-21-4-7-24(36)8-5-21/h2*6,9-10,13,16-17,19-22,24,36H,4-5,7-8,11-12,14-15,18H2,1-3H3. The zero-order valence-electron chi connectivity index (χ0n) is 44.5. The number of benzene rings is 2. The molecule has 0 radical (unpaired) electrons. The third-order valence-corrected chi connectivity index (χ3v) is 17.1. The molecule has 2 N–H and O–H groups in total. The maximum Gasteiger partial charge on any atom is 0.256 e. The fourth-order valence-corrected chi connectivity index (χ4v) is 12.1. The Labute approximate surface area is 436 Å². The van der Waals surface area contributed by atoms with Crippen LogP contribution in [-0.4, -0.2) is 138 Å². The number of nitrogens with zero attached hydrogens (tertiary/aromatic N) is 8. The molecule has 0 atom stereocenters. The normalized spacial score (nSPS) is 21.6. The van der Waals surface area contributed by atoms with E-state index in [1.165, 1.54) is 35.4 Å². The summed E-state index contributed by atoms with van der Waals surface area (Å²) in [6.07, 6.45) is 24.1. The summed E-state index contributed by atoms with van der Waals surface area (Å²) >= 11 is 0. The molecule has 6 heterocycles. The van der Waals surface area contributed by atoms with Crippen LogP contribution in [-0.2, 0) is 0 Å². The van der Waals surface area contributed by atoms with E-state index in [0.29, 0.717) is 46.2 Å². The Morgan fingerprint density at radius 1 is 0.568 bits per heavy atom. The molecule has 0 spiro atoms. The molecule has 2 aromatic carbocycles. The van der Waals surface area contributed by atoms with Gasteiger partial charge in [0.2, 0.25) is 0 Å². The van der Waals surface area contributed by atoms with Crippen LogP contribution in [0.25, 0.3) is 33.2 Å². The van der Waals surface area contributed by atoms with Crippen molar-refractivity contribution in [1.82, 2.24) is 38.7 Å². The Morgan fingerprint density at radius 2 is 0.932 bits per heavy atom. The second-order valence-corrected chi connectivity index (χ2v) is 22.5. The third kappa shape index (κ3) is 11.9. The number of carbonyl (C=O) groups is 2.